The van der Waals surface area contributed by atoms with Crippen LogP contribution < -0.4 is 10.5 Å². The van der Waals surface area contributed by atoms with Crippen molar-refractivity contribution in [2.45, 2.75) is 6.54 Å². The molecule has 5 nitrogen and oxygen atoms in total. The van der Waals surface area contributed by atoms with Gasteiger partial charge in [-0.3, -0.25) is 4.68 Å². The van der Waals surface area contributed by atoms with Gasteiger partial charge in [-0.1, -0.05) is 12.1 Å². The number of benzene rings is 2. The second-order valence-corrected chi connectivity index (χ2v) is 4.86. The number of hydrogen-bond donors (Lipinski definition) is 1. The summed E-state index contributed by atoms with van der Waals surface area (Å²) in [7, 11) is 1.46. The zero-order valence-electron chi connectivity index (χ0n) is 11.9. The molecule has 1 aromatic heterocycles. The van der Waals surface area contributed by atoms with E-state index in [-0.39, 0.29) is 5.82 Å². The third-order valence-electron chi connectivity index (χ3n) is 3.42. The Balaban J connectivity index is 2.11. The summed E-state index contributed by atoms with van der Waals surface area (Å²) in [5, 5.41) is 13.8. The summed E-state index contributed by atoms with van der Waals surface area (Å²) in [5.74, 6) is 0.212. The highest BCUT2D eigenvalue weighted by molar-refractivity contribution is 5.94. The van der Waals surface area contributed by atoms with E-state index in [1.807, 2.05) is 6.07 Å². The molecule has 0 saturated carbocycles. The van der Waals surface area contributed by atoms with Crippen LogP contribution in [0.4, 0.5) is 10.2 Å². The predicted octanol–water partition coefficient (Wildman–Crippen LogP) is 2.69. The lowest BCUT2D eigenvalue weighted by Crippen LogP contribution is -2.02. The van der Waals surface area contributed by atoms with Crippen molar-refractivity contribution in [2.24, 2.45) is 0 Å². The fourth-order valence-corrected chi connectivity index (χ4v) is 2.46. The van der Waals surface area contributed by atoms with E-state index in [1.165, 1.54) is 19.2 Å². The maximum Gasteiger partial charge on any atom is 0.157 e. The molecule has 0 radical (unpaired) electrons. The van der Waals surface area contributed by atoms with Crippen molar-refractivity contribution in [2.75, 3.05) is 12.8 Å². The second-order valence-electron chi connectivity index (χ2n) is 4.86. The van der Waals surface area contributed by atoms with Gasteiger partial charge in [-0.2, -0.15) is 10.4 Å². The van der Waals surface area contributed by atoms with E-state index in [2.05, 4.69) is 11.2 Å². The number of nitriles is 1. The number of ether oxygens (including phenoxy) is 1. The molecule has 2 N–H and O–H groups in total. The molecule has 0 atom stereocenters. The number of fused-ring (bicyclic) bond motifs is 1. The van der Waals surface area contributed by atoms with Crippen LogP contribution in [-0.2, 0) is 6.54 Å². The standard InChI is InChI=1S/C16H13FN4O/c1-22-14-7-12(17)6-13-15(14)16(19)20-21(13)9-11-4-2-3-10(5-11)8-18/h2-7H,9H2,1H3,(H2,19,20). The fourth-order valence-electron chi connectivity index (χ4n) is 2.46. The summed E-state index contributed by atoms with van der Waals surface area (Å²) < 4.78 is 20.5. The Kier molecular flexibility index (Phi) is 3.39. The molecule has 0 fully saturated rings. The number of halogens is 1. The average Bonchev–Trinajstić information content (AvgIpc) is 2.82. The Morgan fingerprint density at radius 1 is 1.36 bits per heavy atom. The summed E-state index contributed by atoms with van der Waals surface area (Å²) in [6.07, 6.45) is 0. The molecule has 110 valence electrons. The predicted molar refractivity (Wildman–Crippen MR) is 80.9 cm³/mol. The molecule has 22 heavy (non-hydrogen) atoms. The van der Waals surface area contributed by atoms with Gasteiger partial charge in [0.25, 0.3) is 0 Å². The lowest BCUT2D eigenvalue weighted by Gasteiger charge is -2.06. The van der Waals surface area contributed by atoms with Crippen molar-refractivity contribution in [3.63, 3.8) is 0 Å². The summed E-state index contributed by atoms with van der Waals surface area (Å²) in [5.41, 5.74) is 7.92. The van der Waals surface area contributed by atoms with Gasteiger partial charge in [-0.15, -0.1) is 0 Å². The summed E-state index contributed by atoms with van der Waals surface area (Å²) in [4.78, 5) is 0. The van der Waals surface area contributed by atoms with Crippen LogP contribution in [0.15, 0.2) is 36.4 Å². The first-order valence-electron chi connectivity index (χ1n) is 6.61. The molecule has 2 aromatic carbocycles. The normalized spacial score (nSPS) is 10.6. The van der Waals surface area contributed by atoms with Crippen LogP contribution in [0.25, 0.3) is 10.9 Å². The molecule has 0 unspecified atom stereocenters. The van der Waals surface area contributed by atoms with Gasteiger partial charge in [-0.25, -0.2) is 4.39 Å². The van der Waals surface area contributed by atoms with Gasteiger partial charge >= 0.3 is 0 Å². The Morgan fingerprint density at radius 3 is 2.91 bits per heavy atom. The molecule has 3 aromatic rings. The van der Waals surface area contributed by atoms with E-state index >= 15 is 0 Å². The van der Waals surface area contributed by atoms with Crippen LogP contribution in [0.5, 0.6) is 5.75 Å². The number of nitrogens with zero attached hydrogens (tertiary/aromatic N) is 3. The Hall–Kier alpha value is -3.07. The van der Waals surface area contributed by atoms with Crippen molar-refractivity contribution in [1.29, 1.82) is 5.26 Å². The van der Waals surface area contributed by atoms with Gasteiger partial charge in [0.05, 0.1) is 36.2 Å². The van der Waals surface area contributed by atoms with E-state index in [0.717, 1.165) is 5.56 Å². The van der Waals surface area contributed by atoms with Gasteiger partial charge in [0.2, 0.25) is 0 Å². The van der Waals surface area contributed by atoms with E-state index < -0.39 is 5.82 Å². The SMILES string of the molecule is COc1cc(F)cc2c1c(N)nn2Cc1cccc(C#N)c1. The average molecular weight is 296 g/mol. The molecule has 6 heteroatoms. The smallest absolute Gasteiger partial charge is 0.157 e. The molecule has 0 saturated heterocycles. The molecular formula is C16H13FN4O. The topological polar surface area (TPSA) is 76.9 Å². The zero-order valence-corrected chi connectivity index (χ0v) is 11.9. The number of anilines is 1. The Morgan fingerprint density at radius 2 is 2.18 bits per heavy atom. The number of nitrogen functional groups attached to an aromatic ring is 1. The Bertz CT molecular complexity index is 895. The maximum absolute atomic E-state index is 13.7. The summed E-state index contributed by atoms with van der Waals surface area (Å²) in [6.45, 7) is 0.385. The molecule has 1 heterocycles. The quantitative estimate of drug-likeness (QED) is 0.806. The van der Waals surface area contributed by atoms with Gasteiger partial charge in [0.1, 0.15) is 11.6 Å². The molecule has 0 amide bonds. The van der Waals surface area contributed by atoms with E-state index in [4.69, 9.17) is 15.7 Å². The van der Waals surface area contributed by atoms with Gasteiger partial charge in [0.15, 0.2) is 5.82 Å². The van der Waals surface area contributed by atoms with Gasteiger partial charge in [-0.05, 0) is 17.7 Å². The first kappa shape index (κ1) is 13.9. The summed E-state index contributed by atoms with van der Waals surface area (Å²) >= 11 is 0. The number of hydrogen-bond acceptors (Lipinski definition) is 4. The molecule has 0 spiro atoms. The molecular weight excluding hydrogens is 283 g/mol. The third-order valence-corrected chi connectivity index (χ3v) is 3.42. The van der Waals surface area contributed by atoms with Crippen LogP contribution in [-0.4, -0.2) is 16.9 Å². The highest BCUT2D eigenvalue weighted by Gasteiger charge is 2.15. The van der Waals surface area contributed by atoms with E-state index in [0.29, 0.717) is 28.8 Å². The third kappa shape index (κ3) is 2.33. The summed E-state index contributed by atoms with van der Waals surface area (Å²) in [6, 6.07) is 11.9. The van der Waals surface area contributed by atoms with Gasteiger partial charge < -0.3 is 10.5 Å². The minimum absolute atomic E-state index is 0.281. The first-order valence-corrected chi connectivity index (χ1v) is 6.61. The minimum atomic E-state index is -0.420. The number of rotatable bonds is 3. The van der Waals surface area contributed by atoms with Crippen molar-refractivity contribution in [3.8, 4) is 11.8 Å². The highest BCUT2D eigenvalue weighted by atomic mass is 19.1. The van der Waals surface area contributed by atoms with E-state index in [9.17, 15) is 4.39 Å². The first-order chi connectivity index (χ1) is 10.6. The van der Waals surface area contributed by atoms with Crippen molar-refractivity contribution in [1.82, 2.24) is 9.78 Å². The fraction of sp³-hybridized carbons (Fsp3) is 0.125. The molecule has 0 aliphatic carbocycles. The van der Waals surface area contributed by atoms with Crippen LogP contribution in [0.3, 0.4) is 0 Å². The van der Waals surface area contributed by atoms with Crippen LogP contribution in [0.1, 0.15) is 11.1 Å². The number of aromatic nitrogens is 2. The largest absolute Gasteiger partial charge is 0.496 e. The van der Waals surface area contributed by atoms with Crippen molar-refractivity contribution >= 4 is 16.7 Å². The van der Waals surface area contributed by atoms with Crippen LogP contribution in [0.2, 0.25) is 0 Å². The highest BCUT2D eigenvalue weighted by Crippen LogP contribution is 2.32. The van der Waals surface area contributed by atoms with Gasteiger partial charge in [0, 0.05) is 12.1 Å². The zero-order chi connectivity index (χ0) is 15.7. The lowest BCUT2D eigenvalue weighted by atomic mass is 10.1. The maximum atomic E-state index is 13.7. The minimum Gasteiger partial charge on any atom is -0.496 e. The number of methoxy groups -OCH3 is 1. The van der Waals surface area contributed by atoms with E-state index in [1.54, 1.807) is 22.9 Å². The number of nitrogens with two attached hydrogens (primary N) is 1. The van der Waals surface area contributed by atoms with Crippen molar-refractivity contribution < 1.29 is 9.13 Å². The second kappa shape index (κ2) is 5.37. The van der Waals surface area contributed by atoms with Crippen molar-refractivity contribution in [3.05, 3.63) is 53.3 Å². The molecule has 0 aliphatic rings. The Labute approximate surface area is 126 Å². The van der Waals surface area contributed by atoms with Crippen LogP contribution >= 0.6 is 0 Å². The van der Waals surface area contributed by atoms with Crippen LogP contribution in [0, 0.1) is 17.1 Å². The molecule has 0 bridgehead atoms. The monoisotopic (exact) mass is 296 g/mol. The molecule has 3 rings (SSSR count). The molecule has 0 aliphatic heterocycles. The lowest BCUT2D eigenvalue weighted by molar-refractivity contribution is 0.416.